The highest BCUT2D eigenvalue weighted by atomic mass is 32.2. The van der Waals surface area contributed by atoms with E-state index >= 15 is 0 Å². The van der Waals surface area contributed by atoms with Gasteiger partial charge < -0.3 is 5.73 Å². The van der Waals surface area contributed by atoms with Crippen LogP contribution in [0.3, 0.4) is 0 Å². The third-order valence-corrected chi connectivity index (χ3v) is 6.23. The average Bonchev–Trinajstić information content (AvgIpc) is 2.25. The molecule has 1 aliphatic carbocycles. The lowest BCUT2D eigenvalue weighted by Gasteiger charge is -2.43. The van der Waals surface area contributed by atoms with Gasteiger partial charge in [0.15, 0.2) is 0 Å². The molecule has 5 heteroatoms. The molecule has 2 aliphatic rings. The fourth-order valence-corrected chi connectivity index (χ4v) is 5.50. The number of hydrogen-bond acceptors (Lipinski definition) is 3. The molecule has 3 atom stereocenters. The minimum Gasteiger partial charge on any atom is -0.325 e. The molecule has 4 nitrogen and oxygen atoms in total. The number of rotatable bonds is 3. The average molecular weight is 302 g/mol. The molecule has 1 saturated heterocycles. The molecule has 1 saturated carbocycles. The van der Waals surface area contributed by atoms with Crippen molar-refractivity contribution in [1.82, 2.24) is 4.31 Å². The van der Waals surface area contributed by atoms with Gasteiger partial charge in [0.2, 0.25) is 10.0 Å². The first-order valence-corrected chi connectivity index (χ1v) is 9.77. The van der Waals surface area contributed by atoms with E-state index in [4.69, 9.17) is 5.73 Å². The first-order chi connectivity index (χ1) is 9.18. The van der Waals surface area contributed by atoms with Crippen molar-refractivity contribution in [1.29, 1.82) is 0 Å². The highest BCUT2D eigenvalue weighted by Gasteiger charge is 2.38. The molecule has 0 amide bonds. The number of nitrogens with zero attached hydrogens (tertiary/aromatic N) is 1. The maximum atomic E-state index is 11.7. The fourth-order valence-electron chi connectivity index (χ4n) is 4.56. The standard InChI is InChI=1S/C15H30N2O2S/c1-12-7-13(2)9-15(16,8-12)10-14-5-4-6-17(11-14)20(3,18)19/h12-14H,4-11,16H2,1-3H3. The molecule has 3 unspecified atom stereocenters. The summed E-state index contributed by atoms with van der Waals surface area (Å²) in [5.74, 6) is 1.82. The van der Waals surface area contributed by atoms with E-state index in [2.05, 4.69) is 13.8 Å². The summed E-state index contributed by atoms with van der Waals surface area (Å²) >= 11 is 0. The third kappa shape index (κ3) is 4.18. The SMILES string of the molecule is CC1CC(C)CC(N)(CC2CCCN(S(C)(=O)=O)C2)C1. The normalized spacial score (nSPS) is 40.7. The van der Waals surface area contributed by atoms with Crippen molar-refractivity contribution in [3.8, 4) is 0 Å². The lowest BCUT2D eigenvalue weighted by atomic mass is 9.68. The molecular formula is C15H30N2O2S. The van der Waals surface area contributed by atoms with Gasteiger partial charge in [0.05, 0.1) is 6.26 Å². The van der Waals surface area contributed by atoms with Crippen molar-refractivity contribution in [3.63, 3.8) is 0 Å². The zero-order valence-electron chi connectivity index (χ0n) is 13.1. The first kappa shape index (κ1) is 16.2. The second-order valence-electron chi connectivity index (χ2n) is 7.55. The van der Waals surface area contributed by atoms with Gasteiger partial charge >= 0.3 is 0 Å². The Morgan fingerprint density at radius 3 is 2.40 bits per heavy atom. The predicted molar refractivity (Wildman–Crippen MR) is 82.9 cm³/mol. The summed E-state index contributed by atoms with van der Waals surface area (Å²) in [5, 5.41) is 0. The lowest BCUT2D eigenvalue weighted by molar-refractivity contribution is 0.132. The van der Waals surface area contributed by atoms with E-state index in [1.165, 1.54) is 12.7 Å². The number of nitrogens with two attached hydrogens (primary N) is 1. The molecule has 0 aromatic carbocycles. The summed E-state index contributed by atoms with van der Waals surface area (Å²) in [4.78, 5) is 0. The Morgan fingerprint density at radius 2 is 1.85 bits per heavy atom. The minimum absolute atomic E-state index is 0.0811. The predicted octanol–water partition coefficient (Wildman–Crippen LogP) is 2.20. The fraction of sp³-hybridized carbons (Fsp3) is 1.00. The zero-order chi connectivity index (χ0) is 15.0. The van der Waals surface area contributed by atoms with Crippen LogP contribution in [-0.2, 0) is 10.0 Å². The maximum absolute atomic E-state index is 11.7. The second kappa shape index (κ2) is 5.93. The molecule has 1 aliphatic heterocycles. The molecule has 0 aromatic heterocycles. The summed E-state index contributed by atoms with van der Waals surface area (Å²) in [6.07, 6.45) is 7.84. The van der Waals surface area contributed by atoms with Crippen LogP contribution in [0.2, 0.25) is 0 Å². The molecule has 118 valence electrons. The first-order valence-electron chi connectivity index (χ1n) is 7.92. The molecule has 2 fully saturated rings. The molecule has 20 heavy (non-hydrogen) atoms. The van der Waals surface area contributed by atoms with Crippen molar-refractivity contribution < 1.29 is 8.42 Å². The minimum atomic E-state index is -3.05. The van der Waals surface area contributed by atoms with Gasteiger partial charge in [-0.2, -0.15) is 0 Å². The van der Waals surface area contributed by atoms with E-state index in [-0.39, 0.29) is 5.54 Å². The van der Waals surface area contributed by atoms with E-state index in [0.717, 1.165) is 32.1 Å². The Balaban J connectivity index is 1.98. The quantitative estimate of drug-likeness (QED) is 0.869. The largest absolute Gasteiger partial charge is 0.325 e. The van der Waals surface area contributed by atoms with Crippen molar-refractivity contribution in [3.05, 3.63) is 0 Å². The van der Waals surface area contributed by atoms with Crippen molar-refractivity contribution in [2.75, 3.05) is 19.3 Å². The van der Waals surface area contributed by atoms with E-state index in [1.54, 1.807) is 4.31 Å². The van der Waals surface area contributed by atoms with Crippen LogP contribution in [0.25, 0.3) is 0 Å². The van der Waals surface area contributed by atoms with Crippen LogP contribution in [0.4, 0.5) is 0 Å². The molecular weight excluding hydrogens is 272 g/mol. The molecule has 1 heterocycles. The van der Waals surface area contributed by atoms with Gasteiger partial charge in [0.25, 0.3) is 0 Å². The molecule has 0 spiro atoms. The van der Waals surface area contributed by atoms with E-state index in [0.29, 0.717) is 30.8 Å². The number of piperidine rings is 1. The van der Waals surface area contributed by atoms with Gasteiger partial charge in [-0.3, -0.25) is 0 Å². The van der Waals surface area contributed by atoms with Gasteiger partial charge in [-0.15, -0.1) is 0 Å². The highest BCUT2D eigenvalue weighted by molar-refractivity contribution is 7.88. The summed E-state index contributed by atoms with van der Waals surface area (Å²) in [6, 6.07) is 0. The van der Waals surface area contributed by atoms with Gasteiger partial charge in [0, 0.05) is 18.6 Å². The Bertz CT molecular complexity index is 425. The van der Waals surface area contributed by atoms with Crippen molar-refractivity contribution in [2.45, 2.75) is 57.9 Å². The third-order valence-electron chi connectivity index (χ3n) is 4.96. The smallest absolute Gasteiger partial charge is 0.211 e. The van der Waals surface area contributed by atoms with E-state index in [1.807, 2.05) is 0 Å². The van der Waals surface area contributed by atoms with Crippen LogP contribution in [0.1, 0.15) is 52.4 Å². The zero-order valence-corrected chi connectivity index (χ0v) is 14.0. The molecule has 0 bridgehead atoms. The molecule has 0 radical (unpaired) electrons. The Kier molecular flexibility index (Phi) is 4.82. The van der Waals surface area contributed by atoms with Gasteiger partial charge in [-0.1, -0.05) is 13.8 Å². The number of sulfonamides is 1. The van der Waals surface area contributed by atoms with E-state index < -0.39 is 10.0 Å². The number of hydrogen-bond donors (Lipinski definition) is 1. The van der Waals surface area contributed by atoms with Crippen LogP contribution < -0.4 is 5.73 Å². The van der Waals surface area contributed by atoms with Crippen LogP contribution in [0, 0.1) is 17.8 Å². The van der Waals surface area contributed by atoms with Gasteiger partial charge in [0.1, 0.15) is 0 Å². The van der Waals surface area contributed by atoms with Crippen LogP contribution in [0.5, 0.6) is 0 Å². The monoisotopic (exact) mass is 302 g/mol. The Hall–Kier alpha value is -0.130. The lowest BCUT2D eigenvalue weighted by Crippen LogP contribution is -2.50. The summed E-state index contributed by atoms with van der Waals surface area (Å²) < 4.78 is 25.0. The molecule has 2 rings (SSSR count). The highest BCUT2D eigenvalue weighted by Crippen LogP contribution is 2.39. The summed E-state index contributed by atoms with van der Waals surface area (Å²) in [7, 11) is -3.05. The van der Waals surface area contributed by atoms with Crippen molar-refractivity contribution >= 4 is 10.0 Å². The maximum Gasteiger partial charge on any atom is 0.211 e. The topological polar surface area (TPSA) is 63.4 Å². The second-order valence-corrected chi connectivity index (χ2v) is 9.53. The van der Waals surface area contributed by atoms with Crippen molar-refractivity contribution in [2.24, 2.45) is 23.5 Å². The summed E-state index contributed by atoms with van der Waals surface area (Å²) in [6.45, 7) is 5.93. The summed E-state index contributed by atoms with van der Waals surface area (Å²) in [5.41, 5.74) is 6.58. The van der Waals surface area contributed by atoms with Crippen LogP contribution >= 0.6 is 0 Å². The Labute approximate surface area is 124 Å². The molecule has 2 N–H and O–H groups in total. The van der Waals surface area contributed by atoms with Crippen LogP contribution in [-0.4, -0.2) is 37.6 Å². The van der Waals surface area contributed by atoms with E-state index in [9.17, 15) is 8.42 Å². The van der Waals surface area contributed by atoms with Gasteiger partial charge in [-0.05, 0) is 56.3 Å². The Morgan fingerprint density at radius 1 is 1.25 bits per heavy atom. The van der Waals surface area contributed by atoms with Gasteiger partial charge in [-0.25, -0.2) is 12.7 Å². The molecule has 0 aromatic rings. The van der Waals surface area contributed by atoms with Crippen LogP contribution in [0.15, 0.2) is 0 Å².